The molecule has 92 valence electrons. The van der Waals surface area contributed by atoms with Gasteiger partial charge in [-0.15, -0.1) is 0 Å². The monoisotopic (exact) mass is 242 g/mol. The summed E-state index contributed by atoms with van der Waals surface area (Å²) in [5.74, 6) is -2.18. The number of hydrogen-bond donors (Lipinski definition) is 1. The third-order valence-corrected chi connectivity index (χ3v) is 2.01. The van der Waals surface area contributed by atoms with Gasteiger partial charge in [0.1, 0.15) is 11.6 Å². The summed E-state index contributed by atoms with van der Waals surface area (Å²) in [7, 11) is 0. The molecule has 0 radical (unpaired) electrons. The Morgan fingerprint density at radius 3 is 2.41 bits per heavy atom. The Kier molecular flexibility index (Phi) is 4.63. The molecular weight excluding hydrogens is 230 g/mol. The predicted octanol–water partition coefficient (Wildman–Crippen LogP) is 2.51. The van der Waals surface area contributed by atoms with Crippen LogP contribution in [0.5, 0.6) is 0 Å². The summed E-state index contributed by atoms with van der Waals surface area (Å²) in [6.45, 7) is 1.78. The number of esters is 1. The Bertz CT molecular complexity index is 421. The quantitative estimate of drug-likeness (QED) is 0.501. The van der Waals surface area contributed by atoms with Crippen molar-refractivity contribution in [2.24, 2.45) is 0 Å². The average molecular weight is 242 g/mol. The van der Waals surface area contributed by atoms with Crippen molar-refractivity contribution >= 4 is 5.97 Å². The van der Waals surface area contributed by atoms with Gasteiger partial charge in [0.2, 0.25) is 0 Å². The summed E-state index contributed by atoms with van der Waals surface area (Å²) in [5.41, 5.74) is 0.188. The van der Waals surface area contributed by atoms with Crippen LogP contribution in [-0.4, -0.2) is 17.7 Å². The van der Waals surface area contributed by atoms with E-state index in [1.165, 1.54) is 0 Å². The fraction of sp³-hybridized carbons (Fsp3) is 0.250. The smallest absolute Gasteiger partial charge is 0.337 e. The van der Waals surface area contributed by atoms with Crippen LogP contribution in [0.1, 0.15) is 12.5 Å². The molecule has 5 heteroatoms. The van der Waals surface area contributed by atoms with Crippen LogP contribution in [0.4, 0.5) is 8.78 Å². The van der Waals surface area contributed by atoms with Gasteiger partial charge in [0.05, 0.1) is 18.4 Å². The summed E-state index contributed by atoms with van der Waals surface area (Å²) in [6, 6.07) is 2.91. The van der Waals surface area contributed by atoms with Gasteiger partial charge in [0, 0.05) is 12.5 Å². The number of ether oxygens (including phenoxy) is 1. The maximum Gasteiger partial charge on any atom is 0.337 e. The Hall–Kier alpha value is -1.91. The summed E-state index contributed by atoms with van der Waals surface area (Å²) in [6.07, 6.45) is 0.491. The zero-order valence-corrected chi connectivity index (χ0v) is 9.24. The van der Waals surface area contributed by atoms with Crippen LogP contribution in [-0.2, 0) is 16.0 Å². The minimum absolute atomic E-state index is 0.0585. The fourth-order valence-corrected chi connectivity index (χ4v) is 1.33. The van der Waals surface area contributed by atoms with Crippen molar-refractivity contribution in [3.63, 3.8) is 0 Å². The molecule has 0 atom stereocenters. The molecule has 0 saturated heterocycles. The molecule has 0 aliphatic heterocycles. The lowest BCUT2D eigenvalue weighted by Gasteiger charge is -2.06. The number of rotatable bonds is 4. The second-order valence-corrected chi connectivity index (χ2v) is 3.33. The molecule has 0 fully saturated rings. The molecule has 0 saturated carbocycles. The first-order valence-corrected chi connectivity index (χ1v) is 5.02. The van der Waals surface area contributed by atoms with E-state index in [4.69, 9.17) is 5.11 Å². The van der Waals surface area contributed by atoms with Crippen LogP contribution >= 0.6 is 0 Å². The van der Waals surface area contributed by atoms with Gasteiger partial charge in [-0.25, -0.2) is 13.6 Å². The van der Waals surface area contributed by atoms with E-state index < -0.39 is 17.6 Å². The van der Waals surface area contributed by atoms with Crippen molar-refractivity contribution in [2.75, 3.05) is 6.61 Å². The summed E-state index contributed by atoms with van der Waals surface area (Å²) >= 11 is 0. The largest absolute Gasteiger partial charge is 0.515 e. The first-order valence-electron chi connectivity index (χ1n) is 5.02. The van der Waals surface area contributed by atoms with Gasteiger partial charge in [-0.3, -0.25) is 0 Å². The molecule has 0 aliphatic rings. The molecule has 0 unspecified atom stereocenters. The number of carbonyl (C=O) groups excluding carboxylic acids is 1. The third kappa shape index (κ3) is 3.86. The maximum atomic E-state index is 12.9. The minimum atomic E-state index is -0.735. The number of carbonyl (C=O) groups is 1. The topological polar surface area (TPSA) is 46.5 Å². The van der Waals surface area contributed by atoms with Gasteiger partial charge in [-0.1, -0.05) is 0 Å². The highest BCUT2D eigenvalue weighted by molar-refractivity contribution is 5.88. The van der Waals surface area contributed by atoms with Crippen LogP contribution < -0.4 is 0 Å². The molecule has 0 amide bonds. The highest BCUT2D eigenvalue weighted by Gasteiger charge is 2.12. The van der Waals surface area contributed by atoms with Crippen LogP contribution in [0.2, 0.25) is 0 Å². The summed E-state index contributed by atoms with van der Waals surface area (Å²) in [5, 5.41) is 8.87. The second kappa shape index (κ2) is 5.98. The molecule has 0 heterocycles. The van der Waals surface area contributed by atoms with Gasteiger partial charge >= 0.3 is 5.97 Å². The number of aliphatic hydroxyl groups is 1. The van der Waals surface area contributed by atoms with E-state index in [0.717, 1.165) is 18.2 Å². The summed E-state index contributed by atoms with van der Waals surface area (Å²) in [4.78, 5) is 11.3. The second-order valence-electron chi connectivity index (χ2n) is 3.33. The molecule has 0 spiro atoms. The van der Waals surface area contributed by atoms with Crippen LogP contribution in [0.15, 0.2) is 30.0 Å². The van der Waals surface area contributed by atoms with Crippen molar-refractivity contribution < 1.29 is 23.4 Å². The van der Waals surface area contributed by atoms with Crippen molar-refractivity contribution in [1.29, 1.82) is 0 Å². The summed E-state index contributed by atoms with van der Waals surface area (Å²) < 4.78 is 30.5. The van der Waals surface area contributed by atoms with Gasteiger partial charge in [-0.2, -0.15) is 0 Å². The lowest BCUT2D eigenvalue weighted by molar-refractivity contribution is -0.138. The van der Waals surface area contributed by atoms with Crippen molar-refractivity contribution in [3.05, 3.63) is 47.2 Å². The van der Waals surface area contributed by atoms with Crippen molar-refractivity contribution in [1.82, 2.24) is 0 Å². The van der Waals surface area contributed by atoms with Crippen LogP contribution in [0, 0.1) is 11.6 Å². The first-order chi connectivity index (χ1) is 8.06. The predicted molar refractivity (Wildman–Crippen MR) is 57.4 cm³/mol. The molecule has 17 heavy (non-hydrogen) atoms. The third-order valence-electron chi connectivity index (χ3n) is 2.01. The van der Waals surface area contributed by atoms with E-state index in [1.807, 2.05) is 0 Å². The lowest BCUT2D eigenvalue weighted by Crippen LogP contribution is -2.10. The highest BCUT2D eigenvalue weighted by Crippen LogP contribution is 2.13. The molecule has 1 aromatic carbocycles. The highest BCUT2D eigenvalue weighted by atomic mass is 19.1. The lowest BCUT2D eigenvalue weighted by atomic mass is 10.1. The maximum absolute atomic E-state index is 12.9. The standard InChI is InChI=1S/C12H12F2O3/c1-2-17-12(16)9(7-15)3-8-4-10(13)6-11(14)5-8/h4-7,15H,2-3H2,1H3/b9-7+. The Labute approximate surface area is 97.3 Å². The molecule has 3 nitrogen and oxygen atoms in total. The van der Waals surface area contributed by atoms with Crippen molar-refractivity contribution in [3.8, 4) is 0 Å². The SMILES string of the molecule is CCOC(=O)/C(=C/O)Cc1cc(F)cc(F)c1. The fourth-order valence-electron chi connectivity index (χ4n) is 1.33. The Morgan fingerprint density at radius 1 is 1.35 bits per heavy atom. The zero-order chi connectivity index (χ0) is 12.8. The van der Waals surface area contributed by atoms with Gasteiger partial charge in [0.15, 0.2) is 0 Å². The molecular formula is C12H12F2O3. The molecule has 0 aliphatic carbocycles. The normalized spacial score (nSPS) is 11.4. The number of benzene rings is 1. The Balaban J connectivity index is 2.85. The number of hydrogen-bond acceptors (Lipinski definition) is 3. The molecule has 1 aromatic rings. The van der Waals surface area contributed by atoms with Gasteiger partial charge in [0.25, 0.3) is 0 Å². The van der Waals surface area contributed by atoms with E-state index in [1.54, 1.807) is 6.92 Å². The first kappa shape index (κ1) is 13.2. The van der Waals surface area contributed by atoms with Gasteiger partial charge in [-0.05, 0) is 24.6 Å². The Morgan fingerprint density at radius 2 is 1.94 bits per heavy atom. The van der Waals surface area contributed by atoms with E-state index in [2.05, 4.69) is 4.74 Å². The van der Waals surface area contributed by atoms with Crippen LogP contribution in [0.3, 0.4) is 0 Å². The zero-order valence-electron chi connectivity index (χ0n) is 9.24. The molecule has 1 rings (SSSR count). The number of aliphatic hydroxyl groups excluding tert-OH is 1. The minimum Gasteiger partial charge on any atom is -0.515 e. The average Bonchev–Trinajstić information content (AvgIpc) is 2.24. The molecule has 0 aromatic heterocycles. The van der Waals surface area contributed by atoms with E-state index in [-0.39, 0.29) is 24.2 Å². The van der Waals surface area contributed by atoms with E-state index in [0.29, 0.717) is 6.26 Å². The number of halogens is 2. The van der Waals surface area contributed by atoms with E-state index in [9.17, 15) is 13.6 Å². The molecule has 1 N–H and O–H groups in total. The van der Waals surface area contributed by atoms with Gasteiger partial charge < -0.3 is 9.84 Å². The van der Waals surface area contributed by atoms with Crippen molar-refractivity contribution in [2.45, 2.75) is 13.3 Å². The van der Waals surface area contributed by atoms with E-state index >= 15 is 0 Å². The van der Waals surface area contributed by atoms with Crippen LogP contribution in [0.25, 0.3) is 0 Å². The molecule has 0 bridgehead atoms.